The highest BCUT2D eigenvalue weighted by molar-refractivity contribution is 5.71. The number of aryl methyl sites for hydroxylation is 3. The number of esters is 1. The van der Waals surface area contributed by atoms with Crippen LogP contribution in [0, 0.1) is 0 Å². The van der Waals surface area contributed by atoms with Gasteiger partial charge in [0, 0.05) is 36.8 Å². The van der Waals surface area contributed by atoms with Crippen LogP contribution in [-0.4, -0.2) is 41.1 Å². The number of aromatic nitrogens is 3. The van der Waals surface area contributed by atoms with Crippen molar-refractivity contribution in [2.45, 2.75) is 84.0 Å². The summed E-state index contributed by atoms with van der Waals surface area (Å²) in [6, 6.07) is 12.6. The van der Waals surface area contributed by atoms with Gasteiger partial charge in [-0.2, -0.15) is 5.10 Å². The lowest BCUT2D eigenvalue weighted by atomic mass is 9.82. The van der Waals surface area contributed by atoms with Gasteiger partial charge in [-0.15, -0.1) is 0 Å². The fourth-order valence-electron chi connectivity index (χ4n) is 5.25. The molecule has 0 N–H and O–H groups in total. The summed E-state index contributed by atoms with van der Waals surface area (Å²) in [6.07, 6.45) is 6.25. The van der Waals surface area contributed by atoms with E-state index >= 15 is 0 Å². The van der Waals surface area contributed by atoms with Gasteiger partial charge < -0.3 is 14.2 Å². The minimum atomic E-state index is -0.226. The largest absolute Gasteiger partial charge is 0.496 e. The molecule has 7 nitrogen and oxygen atoms in total. The predicted molar refractivity (Wildman–Crippen MR) is 153 cm³/mol. The van der Waals surface area contributed by atoms with Crippen molar-refractivity contribution in [2.75, 3.05) is 20.3 Å². The highest BCUT2D eigenvalue weighted by atomic mass is 16.5. The molecule has 0 bridgehead atoms. The van der Waals surface area contributed by atoms with E-state index in [0.29, 0.717) is 25.5 Å². The van der Waals surface area contributed by atoms with Crippen molar-refractivity contribution < 1.29 is 19.0 Å². The van der Waals surface area contributed by atoms with Crippen LogP contribution in [-0.2, 0) is 47.7 Å². The molecule has 1 atom stereocenters. The third kappa shape index (κ3) is 7.40. The summed E-state index contributed by atoms with van der Waals surface area (Å²) in [7, 11) is 3.55. The van der Waals surface area contributed by atoms with E-state index in [9.17, 15) is 4.79 Å². The van der Waals surface area contributed by atoms with Gasteiger partial charge in [0.1, 0.15) is 5.75 Å². The van der Waals surface area contributed by atoms with Crippen molar-refractivity contribution in [3.05, 3.63) is 70.2 Å². The number of rotatable bonds is 11. The molecule has 210 valence electrons. The van der Waals surface area contributed by atoms with Crippen LogP contribution in [0.3, 0.4) is 0 Å². The van der Waals surface area contributed by atoms with Gasteiger partial charge in [-0.1, -0.05) is 39.0 Å². The Labute approximate surface area is 232 Å². The molecule has 0 aliphatic heterocycles. The normalized spacial score (nSPS) is 14.0. The third-order valence-electron chi connectivity index (χ3n) is 7.44. The van der Waals surface area contributed by atoms with Crippen LogP contribution < -0.4 is 9.47 Å². The van der Waals surface area contributed by atoms with Gasteiger partial charge in [0.15, 0.2) is 0 Å². The Hall–Kier alpha value is -3.35. The molecule has 0 radical (unpaired) electrons. The number of methoxy groups -OCH3 is 1. The van der Waals surface area contributed by atoms with Crippen molar-refractivity contribution in [2.24, 2.45) is 7.05 Å². The van der Waals surface area contributed by atoms with Crippen molar-refractivity contribution >= 4 is 5.97 Å². The van der Waals surface area contributed by atoms with Crippen LogP contribution in [0.25, 0.3) is 0 Å². The smallest absolute Gasteiger partial charge is 0.306 e. The second-order valence-electron chi connectivity index (χ2n) is 11.4. The monoisotopic (exact) mass is 533 g/mol. The molecule has 0 spiro atoms. The third-order valence-corrected chi connectivity index (χ3v) is 7.44. The van der Waals surface area contributed by atoms with Gasteiger partial charge in [-0.25, -0.2) is 4.68 Å². The van der Waals surface area contributed by atoms with E-state index in [-0.39, 0.29) is 23.7 Å². The maximum atomic E-state index is 12.6. The number of ether oxygens (including phenoxy) is 3. The molecule has 0 amide bonds. The zero-order valence-corrected chi connectivity index (χ0v) is 24.4. The van der Waals surface area contributed by atoms with Crippen LogP contribution in [0.2, 0.25) is 0 Å². The fraction of sp³-hybridized carbons (Fsp3) is 0.531. The number of benzene rings is 1. The molecule has 1 aromatic carbocycles. The quantitative estimate of drug-likeness (QED) is 0.286. The molecule has 2 heterocycles. The van der Waals surface area contributed by atoms with Gasteiger partial charge in [0.2, 0.25) is 5.88 Å². The Morgan fingerprint density at radius 2 is 1.87 bits per heavy atom. The van der Waals surface area contributed by atoms with Gasteiger partial charge >= 0.3 is 5.97 Å². The molecular weight excluding hydrogens is 490 g/mol. The molecule has 4 rings (SSSR count). The van der Waals surface area contributed by atoms with E-state index in [1.165, 1.54) is 29.7 Å². The molecule has 0 saturated heterocycles. The van der Waals surface area contributed by atoms with Crippen LogP contribution in [0.4, 0.5) is 0 Å². The Bertz CT molecular complexity index is 1270. The van der Waals surface area contributed by atoms with Crippen molar-refractivity contribution in [1.29, 1.82) is 0 Å². The molecule has 2 aromatic heterocycles. The van der Waals surface area contributed by atoms with E-state index in [2.05, 4.69) is 45.0 Å². The average Bonchev–Trinajstić information content (AvgIpc) is 3.26. The van der Waals surface area contributed by atoms with Crippen LogP contribution in [0.1, 0.15) is 86.6 Å². The summed E-state index contributed by atoms with van der Waals surface area (Å²) in [6.45, 7) is 9.25. The number of nitrogens with zero attached hydrogens (tertiary/aromatic N) is 3. The van der Waals surface area contributed by atoms with E-state index in [0.717, 1.165) is 42.0 Å². The number of carbonyl (C=O) groups is 1. The number of carbonyl (C=O) groups excluding carboxylic acids is 1. The van der Waals surface area contributed by atoms with Crippen LogP contribution >= 0.6 is 0 Å². The lowest BCUT2D eigenvalue weighted by Crippen LogP contribution is -2.16. The maximum absolute atomic E-state index is 12.6. The maximum Gasteiger partial charge on any atom is 0.306 e. The Morgan fingerprint density at radius 1 is 1.08 bits per heavy atom. The predicted octanol–water partition coefficient (Wildman–Crippen LogP) is 5.90. The highest BCUT2D eigenvalue weighted by Gasteiger charge is 2.25. The summed E-state index contributed by atoms with van der Waals surface area (Å²) >= 11 is 0. The first kappa shape index (κ1) is 28.7. The van der Waals surface area contributed by atoms with Crippen molar-refractivity contribution in [1.82, 2.24) is 14.8 Å². The molecule has 0 fully saturated rings. The molecule has 1 unspecified atom stereocenters. The molecule has 3 aromatic rings. The molecule has 7 heteroatoms. The first-order chi connectivity index (χ1) is 18.7. The standard InChI is InChI=1S/C32H43N3O4/c1-7-38-31(36)19-23(27-20-24(32(2,3)4)13-15-29(27)37-6)18-26-21-30(35(5)34-26)39-17-16-25-14-12-22-10-8-9-11-28(22)33-25/h12-15,20-21,23H,7-11,16-19H2,1-6H3. The van der Waals surface area contributed by atoms with Crippen molar-refractivity contribution in [3.8, 4) is 11.6 Å². The molecule has 1 aliphatic rings. The summed E-state index contributed by atoms with van der Waals surface area (Å²) in [4.78, 5) is 17.5. The summed E-state index contributed by atoms with van der Waals surface area (Å²) in [5.74, 6) is 1.09. The lowest BCUT2D eigenvalue weighted by Gasteiger charge is -2.24. The number of fused-ring (bicyclic) bond motifs is 1. The summed E-state index contributed by atoms with van der Waals surface area (Å²) in [5, 5.41) is 4.72. The van der Waals surface area contributed by atoms with E-state index in [1.54, 1.807) is 11.8 Å². The summed E-state index contributed by atoms with van der Waals surface area (Å²) < 4.78 is 18.9. The molecular formula is C32H43N3O4. The van der Waals surface area contributed by atoms with Gasteiger partial charge in [-0.05, 0) is 73.3 Å². The first-order valence-corrected chi connectivity index (χ1v) is 14.1. The zero-order chi connectivity index (χ0) is 28.0. The highest BCUT2D eigenvalue weighted by Crippen LogP contribution is 2.36. The van der Waals surface area contributed by atoms with Crippen molar-refractivity contribution in [3.63, 3.8) is 0 Å². The van der Waals surface area contributed by atoms with Gasteiger partial charge in [-0.3, -0.25) is 9.78 Å². The Kier molecular flexibility index (Phi) is 9.31. The fourth-order valence-corrected chi connectivity index (χ4v) is 5.25. The van der Waals surface area contributed by atoms with Crippen LogP contribution in [0.15, 0.2) is 36.4 Å². The Morgan fingerprint density at radius 3 is 2.62 bits per heavy atom. The topological polar surface area (TPSA) is 75.5 Å². The number of pyridine rings is 1. The Balaban J connectivity index is 1.49. The van der Waals surface area contributed by atoms with Crippen LogP contribution in [0.5, 0.6) is 11.6 Å². The van der Waals surface area contributed by atoms with E-state index in [4.69, 9.17) is 24.3 Å². The number of hydrogen-bond donors (Lipinski definition) is 0. The lowest BCUT2D eigenvalue weighted by molar-refractivity contribution is -0.143. The first-order valence-electron chi connectivity index (χ1n) is 14.1. The average molecular weight is 534 g/mol. The van der Waals surface area contributed by atoms with E-state index < -0.39 is 0 Å². The minimum Gasteiger partial charge on any atom is -0.496 e. The molecule has 0 saturated carbocycles. The minimum absolute atomic E-state index is 0.0333. The van der Waals surface area contributed by atoms with Gasteiger partial charge in [0.05, 0.1) is 32.4 Å². The molecule has 1 aliphatic carbocycles. The second kappa shape index (κ2) is 12.7. The van der Waals surface area contributed by atoms with Gasteiger partial charge in [0.25, 0.3) is 0 Å². The number of hydrogen-bond acceptors (Lipinski definition) is 6. The second-order valence-corrected chi connectivity index (χ2v) is 11.4. The summed E-state index contributed by atoms with van der Waals surface area (Å²) in [5.41, 5.74) is 6.71. The zero-order valence-electron chi connectivity index (χ0n) is 24.4. The molecule has 39 heavy (non-hydrogen) atoms. The SMILES string of the molecule is CCOC(=O)CC(Cc1cc(OCCc2ccc3c(n2)CCCC3)n(C)n1)c1cc(C(C)(C)C)ccc1OC. The van der Waals surface area contributed by atoms with E-state index in [1.807, 2.05) is 26.1 Å².